The standard InChI is InChI=1S/C12H13Br2NO3/c1-6(2)9(12(17)18-3)11(16)10-8(14)4-7(13)5-15-10/h4-6,9H,1-3H3. The Balaban J connectivity index is 3.14. The quantitative estimate of drug-likeness (QED) is 0.458. The number of pyridine rings is 1. The minimum absolute atomic E-state index is 0.151. The van der Waals surface area contributed by atoms with E-state index in [9.17, 15) is 9.59 Å². The number of carbonyl (C=O) groups is 2. The van der Waals surface area contributed by atoms with Gasteiger partial charge < -0.3 is 4.74 Å². The van der Waals surface area contributed by atoms with E-state index in [4.69, 9.17) is 0 Å². The summed E-state index contributed by atoms with van der Waals surface area (Å²) in [5.41, 5.74) is 0.238. The second-order valence-electron chi connectivity index (χ2n) is 4.09. The van der Waals surface area contributed by atoms with E-state index in [0.29, 0.717) is 4.47 Å². The van der Waals surface area contributed by atoms with E-state index in [1.54, 1.807) is 19.9 Å². The van der Waals surface area contributed by atoms with Gasteiger partial charge in [-0.05, 0) is 43.8 Å². The van der Waals surface area contributed by atoms with Gasteiger partial charge in [-0.15, -0.1) is 0 Å². The molecule has 0 fully saturated rings. The van der Waals surface area contributed by atoms with Crippen molar-refractivity contribution in [2.75, 3.05) is 7.11 Å². The van der Waals surface area contributed by atoms with Crippen LogP contribution in [0.3, 0.4) is 0 Å². The molecular weight excluding hydrogens is 366 g/mol. The van der Waals surface area contributed by atoms with Gasteiger partial charge in [0.25, 0.3) is 0 Å². The van der Waals surface area contributed by atoms with Gasteiger partial charge in [0.1, 0.15) is 11.6 Å². The lowest BCUT2D eigenvalue weighted by molar-refractivity contribution is -0.144. The summed E-state index contributed by atoms with van der Waals surface area (Å²) in [6.45, 7) is 3.60. The molecule has 0 aliphatic heterocycles. The number of halogens is 2. The van der Waals surface area contributed by atoms with Crippen LogP contribution in [-0.2, 0) is 9.53 Å². The molecule has 4 nitrogen and oxygen atoms in total. The zero-order valence-electron chi connectivity index (χ0n) is 10.2. The highest BCUT2D eigenvalue weighted by atomic mass is 79.9. The van der Waals surface area contributed by atoms with Crippen molar-refractivity contribution in [3.05, 3.63) is 26.9 Å². The molecule has 0 N–H and O–H groups in total. The second-order valence-corrected chi connectivity index (χ2v) is 5.86. The van der Waals surface area contributed by atoms with Crippen LogP contribution in [0.15, 0.2) is 21.2 Å². The number of methoxy groups -OCH3 is 1. The molecule has 0 amide bonds. The summed E-state index contributed by atoms with van der Waals surface area (Å²) in [6.07, 6.45) is 1.52. The molecule has 1 rings (SSSR count). The van der Waals surface area contributed by atoms with Crippen LogP contribution in [0.1, 0.15) is 24.3 Å². The van der Waals surface area contributed by atoms with Crippen molar-refractivity contribution in [3.8, 4) is 0 Å². The average Bonchev–Trinajstić information content (AvgIpc) is 2.28. The van der Waals surface area contributed by atoms with Crippen molar-refractivity contribution in [1.82, 2.24) is 4.98 Å². The van der Waals surface area contributed by atoms with Gasteiger partial charge in [0, 0.05) is 15.1 Å². The van der Waals surface area contributed by atoms with Gasteiger partial charge in [-0.3, -0.25) is 14.6 Å². The molecule has 1 aromatic rings. The molecule has 0 aliphatic rings. The third kappa shape index (κ3) is 3.38. The van der Waals surface area contributed by atoms with Crippen molar-refractivity contribution in [2.24, 2.45) is 11.8 Å². The van der Waals surface area contributed by atoms with Gasteiger partial charge in [0.05, 0.1) is 7.11 Å². The highest BCUT2D eigenvalue weighted by Gasteiger charge is 2.33. The van der Waals surface area contributed by atoms with E-state index in [0.717, 1.165) is 4.47 Å². The van der Waals surface area contributed by atoms with Crippen LogP contribution in [0.2, 0.25) is 0 Å². The molecule has 1 aromatic heterocycles. The van der Waals surface area contributed by atoms with Crippen molar-refractivity contribution in [2.45, 2.75) is 13.8 Å². The molecule has 0 radical (unpaired) electrons. The monoisotopic (exact) mass is 377 g/mol. The summed E-state index contributed by atoms with van der Waals surface area (Å²) in [6, 6.07) is 1.72. The minimum atomic E-state index is -0.833. The van der Waals surface area contributed by atoms with E-state index < -0.39 is 11.9 Å². The van der Waals surface area contributed by atoms with Gasteiger partial charge >= 0.3 is 5.97 Å². The number of carbonyl (C=O) groups excluding carboxylic acids is 2. The van der Waals surface area contributed by atoms with Gasteiger partial charge in [-0.1, -0.05) is 13.8 Å². The first-order valence-corrected chi connectivity index (χ1v) is 6.90. The number of ketones is 1. The van der Waals surface area contributed by atoms with Crippen LogP contribution in [0, 0.1) is 11.8 Å². The van der Waals surface area contributed by atoms with E-state index in [-0.39, 0.29) is 17.4 Å². The maximum absolute atomic E-state index is 12.3. The Kier molecular flexibility index (Phi) is 5.47. The molecule has 0 aliphatic carbocycles. The maximum atomic E-state index is 12.3. The summed E-state index contributed by atoms with van der Waals surface area (Å²) < 4.78 is 5.97. The fourth-order valence-corrected chi connectivity index (χ4v) is 2.73. The Bertz CT molecular complexity index is 474. The van der Waals surface area contributed by atoms with Crippen molar-refractivity contribution in [3.63, 3.8) is 0 Å². The third-order valence-corrected chi connectivity index (χ3v) is 3.48. The molecule has 6 heteroatoms. The first-order valence-electron chi connectivity index (χ1n) is 5.31. The summed E-state index contributed by atoms with van der Waals surface area (Å²) in [4.78, 5) is 28.0. The molecule has 0 spiro atoms. The van der Waals surface area contributed by atoms with Crippen LogP contribution in [-0.4, -0.2) is 23.8 Å². The SMILES string of the molecule is COC(=O)C(C(=O)c1ncc(Br)cc1Br)C(C)C. The molecule has 0 bridgehead atoms. The fourth-order valence-electron chi connectivity index (χ4n) is 1.55. The summed E-state index contributed by atoms with van der Waals surface area (Å²) in [7, 11) is 1.27. The van der Waals surface area contributed by atoms with Crippen molar-refractivity contribution >= 4 is 43.6 Å². The Labute approximate surface area is 122 Å². The average molecular weight is 379 g/mol. The lowest BCUT2D eigenvalue weighted by atomic mass is 9.90. The Morgan fingerprint density at radius 3 is 2.39 bits per heavy atom. The lowest BCUT2D eigenvalue weighted by Crippen LogP contribution is -2.30. The summed E-state index contributed by atoms with van der Waals surface area (Å²) in [5.74, 6) is -1.86. The number of aromatic nitrogens is 1. The highest BCUT2D eigenvalue weighted by molar-refractivity contribution is 9.11. The van der Waals surface area contributed by atoms with Crippen molar-refractivity contribution < 1.29 is 14.3 Å². The van der Waals surface area contributed by atoms with Crippen LogP contribution in [0.4, 0.5) is 0 Å². The number of hydrogen-bond acceptors (Lipinski definition) is 4. The van der Waals surface area contributed by atoms with Crippen LogP contribution in [0.25, 0.3) is 0 Å². The van der Waals surface area contributed by atoms with Gasteiger partial charge in [-0.2, -0.15) is 0 Å². The molecule has 0 saturated heterocycles. The normalized spacial score (nSPS) is 12.3. The van der Waals surface area contributed by atoms with E-state index in [1.165, 1.54) is 13.3 Å². The highest BCUT2D eigenvalue weighted by Crippen LogP contribution is 2.25. The lowest BCUT2D eigenvalue weighted by Gasteiger charge is -2.17. The first-order chi connectivity index (χ1) is 8.38. The second kappa shape index (κ2) is 6.43. The maximum Gasteiger partial charge on any atom is 0.316 e. The number of nitrogens with zero attached hydrogens (tertiary/aromatic N) is 1. The van der Waals surface area contributed by atoms with Gasteiger partial charge in [-0.25, -0.2) is 0 Å². The minimum Gasteiger partial charge on any atom is -0.468 e. The van der Waals surface area contributed by atoms with E-state index >= 15 is 0 Å². The largest absolute Gasteiger partial charge is 0.468 e. The zero-order chi connectivity index (χ0) is 13.9. The number of esters is 1. The molecule has 18 heavy (non-hydrogen) atoms. The number of ether oxygens (including phenoxy) is 1. The molecule has 0 saturated carbocycles. The molecule has 0 aromatic carbocycles. The predicted octanol–water partition coefficient (Wildman–Crippen LogP) is 3.23. The van der Waals surface area contributed by atoms with E-state index in [2.05, 4.69) is 41.6 Å². The van der Waals surface area contributed by atoms with E-state index in [1.807, 2.05) is 0 Å². The van der Waals surface area contributed by atoms with Crippen LogP contribution in [0.5, 0.6) is 0 Å². The number of rotatable bonds is 4. The number of hydrogen-bond donors (Lipinski definition) is 0. The molecular formula is C12H13Br2NO3. The van der Waals surface area contributed by atoms with Crippen LogP contribution < -0.4 is 0 Å². The molecule has 1 atom stereocenters. The van der Waals surface area contributed by atoms with Crippen LogP contribution >= 0.6 is 31.9 Å². The Morgan fingerprint density at radius 1 is 1.33 bits per heavy atom. The Morgan fingerprint density at radius 2 is 1.94 bits per heavy atom. The smallest absolute Gasteiger partial charge is 0.316 e. The van der Waals surface area contributed by atoms with Gasteiger partial charge in [0.2, 0.25) is 0 Å². The fraction of sp³-hybridized carbons (Fsp3) is 0.417. The first kappa shape index (κ1) is 15.3. The number of Topliss-reactive ketones (excluding diaryl/α,β-unsaturated/α-hetero) is 1. The molecule has 1 unspecified atom stereocenters. The third-order valence-electron chi connectivity index (χ3n) is 2.45. The summed E-state index contributed by atoms with van der Waals surface area (Å²) >= 11 is 6.53. The topological polar surface area (TPSA) is 56.3 Å². The molecule has 1 heterocycles. The molecule has 98 valence electrons. The summed E-state index contributed by atoms with van der Waals surface area (Å²) in [5, 5.41) is 0. The zero-order valence-corrected chi connectivity index (χ0v) is 13.4. The Hall–Kier alpha value is -0.750. The van der Waals surface area contributed by atoms with Crippen molar-refractivity contribution in [1.29, 1.82) is 0 Å². The van der Waals surface area contributed by atoms with Gasteiger partial charge in [0.15, 0.2) is 5.78 Å². The predicted molar refractivity (Wildman–Crippen MR) is 74.3 cm³/mol.